The Balaban J connectivity index is 3.34. The fraction of sp³-hybridized carbons (Fsp3) is 0. The van der Waals surface area contributed by atoms with Crippen molar-refractivity contribution >= 4 is 38.5 Å². The molecular formula is C6H2BrIN2. The van der Waals surface area contributed by atoms with Crippen molar-refractivity contribution in [2.45, 2.75) is 0 Å². The number of aromatic nitrogens is 1. The zero-order valence-electron chi connectivity index (χ0n) is 4.81. The fourth-order valence-electron chi connectivity index (χ4n) is 0.518. The van der Waals surface area contributed by atoms with Gasteiger partial charge in [-0.2, -0.15) is 5.26 Å². The first-order valence-electron chi connectivity index (χ1n) is 2.45. The lowest BCUT2D eigenvalue weighted by Crippen LogP contribution is -1.84. The van der Waals surface area contributed by atoms with E-state index < -0.39 is 0 Å². The first kappa shape index (κ1) is 7.95. The van der Waals surface area contributed by atoms with Gasteiger partial charge in [-0.25, -0.2) is 0 Å². The lowest BCUT2D eigenvalue weighted by molar-refractivity contribution is 1.26. The van der Waals surface area contributed by atoms with Crippen LogP contribution in [0.15, 0.2) is 16.9 Å². The first-order valence-corrected chi connectivity index (χ1v) is 4.32. The van der Waals surface area contributed by atoms with E-state index in [1.165, 1.54) is 0 Å². The summed E-state index contributed by atoms with van der Waals surface area (Å²) in [5.74, 6) is 0. The van der Waals surface area contributed by atoms with Crippen LogP contribution in [0.3, 0.4) is 0 Å². The normalized spacial score (nSPS) is 8.90. The highest BCUT2D eigenvalue weighted by Crippen LogP contribution is 2.18. The van der Waals surface area contributed by atoms with Crippen molar-refractivity contribution in [1.29, 1.82) is 5.26 Å². The molecule has 10 heavy (non-hydrogen) atoms. The van der Waals surface area contributed by atoms with Gasteiger partial charge < -0.3 is 0 Å². The number of rotatable bonds is 0. The maximum atomic E-state index is 8.59. The SMILES string of the molecule is N#Cc1c(Br)cncc1I. The van der Waals surface area contributed by atoms with Crippen LogP contribution in [-0.2, 0) is 0 Å². The standard InChI is InChI=1S/C6H2BrIN2/c7-5-2-10-3-6(8)4(5)1-9/h2-3H. The van der Waals surface area contributed by atoms with Gasteiger partial charge in [-0.1, -0.05) is 0 Å². The van der Waals surface area contributed by atoms with E-state index in [1.807, 2.05) is 0 Å². The Bertz CT molecular complexity index is 272. The molecule has 1 aromatic heterocycles. The number of pyridine rings is 1. The van der Waals surface area contributed by atoms with Gasteiger partial charge in [0.15, 0.2) is 0 Å². The highest BCUT2D eigenvalue weighted by molar-refractivity contribution is 14.1. The fourth-order valence-corrected chi connectivity index (χ4v) is 1.88. The number of halogens is 2. The smallest absolute Gasteiger partial charge is 0.102 e. The Labute approximate surface area is 80.5 Å². The van der Waals surface area contributed by atoms with E-state index in [9.17, 15) is 0 Å². The van der Waals surface area contributed by atoms with Crippen LogP contribution < -0.4 is 0 Å². The second-order valence-electron chi connectivity index (χ2n) is 1.59. The summed E-state index contributed by atoms with van der Waals surface area (Å²) in [4.78, 5) is 3.89. The molecule has 1 rings (SSSR count). The Kier molecular flexibility index (Phi) is 2.63. The molecule has 0 radical (unpaired) electrons. The Hall–Kier alpha value is -0.150. The second-order valence-corrected chi connectivity index (χ2v) is 3.61. The van der Waals surface area contributed by atoms with E-state index in [0.717, 1.165) is 8.04 Å². The summed E-state index contributed by atoms with van der Waals surface area (Å²) >= 11 is 5.29. The average molecular weight is 309 g/mol. The van der Waals surface area contributed by atoms with E-state index in [-0.39, 0.29) is 0 Å². The van der Waals surface area contributed by atoms with Crippen molar-refractivity contribution < 1.29 is 0 Å². The quantitative estimate of drug-likeness (QED) is 0.690. The van der Waals surface area contributed by atoms with Crippen LogP contribution >= 0.6 is 38.5 Å². The summed E-state index contributed by atoms with van der Waals surface area (Å²) in [6, 6.07) is 2.07. The molecule has 0 amide bonds. The molecule has 0 saturated heterocycles. The monoisotopic (exact) mass is 308 g/mol. The minimum atomic E-state index is 0.649. The van der Waals surface area contributed by atoms with Gasteiger partial charge in [0, 0.05) is 12.4 Å². The Morgan fingerprint density at radius 1 is 1.60 bits per heavy atom. The summed E-state index contributed by atoms with van der Waals surface area (Å²) in [6.07, 6.45) is 3.27. The van der Waals surface area contributed by atoms with Gasteiger partial charge in [0.2, 0.25) is 0 Å². The molecule has 0 saturated carbocycles. The molecule has 1 heterocycles. The van der Waals surface area contributed by atoms with Crippen LogP contribution in [0.25, 0.3) is 0 Å². The molecule has 0 aliphatic carbocycles. The second kappa shape index (κ2) is 3.30. The molecule has 0 unspecified atom stereocenters. The Morgan fingerprint density at radius 2 is 2.30 bits per heavy atom. The average Bonchev–Trinajstić information content (AvgIpc) is 1.88. The molecule has 0 aliphatic heterocycles. The van der Waals surface area contributed by atoms with Gasteiger partial charge in [0.25, 0.3) is 0 Å². The molecule has 0 atom stereocenters. The molecular weight excluding hydrogens is 307 g/mol. The largest absolute Gasteiger partial charge is 0.262 e. The third-order valence-electron chi connectivity index (χ3n) is 0.965. The van der Waals surface area contributed by atoms with Crippen LogP contribution in [0.5, 0.6) is 0 Å². The molecule has 50 valence electrons. The highest BCUT2D eigenvalue weighted by atomic mass is 127. The number of hydrogen-bond donors (Lipinski definition) is 0. The zero-order chi connectivity index (χ0) is 7.56. The van der Waals surface area contributed by atoms with Gasteiger partial charge in [-0.05, 0) is 38.5 Å². The summed E-state index contributed by atoms with van der Waals surface area (Å²) in [6.45, 7) is 0. The predicted molar refractivity (Wildman–Crippen MR) is 49.4 cm³/mol. The first-order chi connectivity index (χ1) is 4.75. The topological polar surface area (TPSA) is 36.7 Å². The molecule has 0 aromatic carbocycles. The van der Waals surface area contributed by atoms with Gasteiger partial charge in [-0.15, -0.1) is 0 Å². The third kappa shape index (κ3) is 1.47. The summed E-state index contributed by atoms with van der Waals surface area (Å²) in [5, 5.41) is 8.59. The van der Waals surface area contributed by atoms with Gasteiger partial charge in [0.1, 0.15) is 6.07 Å². The van der Waals surface area contributed by atoms with E-state index >= 15 is 0 Å². The van der Waals surface area contributed by atoms with E-state index in [4.69, 9.17) is 5.26 Å². The number of nitrogens with zero attached hydrogens (tertiary/aromatic N) is 2. The lowest BCUT2D eigenvalue weighted by Gasteiger charge is -1.94. The van der Waals surface area contributed by atoms with Crippen molar-refractivity contribution in [3.8, 4) is 6.07 Å². The molecule has 0 N–H and O–H groups in total. The molecule has 2 nitrogen and oxygen atoms in total. The molecule has 0 spiro atoms. The van der Waals surface area contributed by atoms with Crippen LogP contribution in [-0.4, -0.2) is 4.98 Å². The van der Waals surface area contributed by atoms with Crippen molar-refractivity contribution in [1.82, 2.24) is 4.98 Å². The minimum Gasteiger partial charge on any atom is -0.262 e. The van der Waals surface area contributed by atoms with E-state index in [1.54, 1.807) is 12.4 Å². The summed E-state index contributed by atoms with van der Waals surface area (Å²) < 4.78 is 1.62. The predicted octanol–water partition coefficient (Wildman–Crippen LogP) is 2.32. The maximum Gasteiger partial charge on any atom is 0.102 e. The van der Waals surface area contributed by atoms with E-state index in [0.29, 0.717) is 5.56 Å². The zero-order valence-corrected chi connectivity index (χ0v) is 8.55. The van der Waals surface area contributed by atoms with E-state index in [2.05, 4.69) is 49.6 Å². The summed E-state index contributed by atoms with van der Waals surface area (Å²) in [7, 11) is 0. The van der Waals surface area contributed by atoms with Crippen molar-refractivity contribution in [2.24, 2.45) is 0 Å². The van der Waals surface area contributed by atoms with Crippen molar-refractivity contribution in [3.63, 3.8) is 0 Å². The van der Waals surface area contributed by atoms with Crippen molar-refractivity contribution in [3.05, 3.63) is 26.0 Å². The van der Waals surface area contributed by atoms with Crippen molar-refractivity contribution in [2.75, 3.05) is 0 Å². The minimum absolute atomic E-state index is 0.649. The highest BCUT2D eigenvalue weighted by Gasteiger charge is 2.01. The molecule has 4 heteroatoms. The molecule has 1 aromatic rings. The third-order valence-corrected chi connectivity index (χ3v) is 2.38. The summed E-state index contributed by atoms with van der Waals surface area (Å²) in [5.41, 5.74) is 0.649. The molecule has 0 aliphatic rings. The van der Waals surface area contributed by atoms with Crippen LogP contribution in [0.2, 0.25) is 0 Å². The van der Waals surface area contributed by atoms with Gasteiger partial charge >= 0.3 is 0 Å². The maximum absolute atomic E-state index is 8.59. The van der Waals surface area contributed by atoms with Crippen LogP contribution in [0, 0.1) is 14.9 Å². The molecule has 0 bridgehead atoms. The lowest BCUT2D eigenvalue weighted by atomic mass is 10.3. The molecule has 0 fully saturated rings. The van der Waals surface area contributed by atoms with Gasteiger partial charge in [-0.3, -0.25) is 4.98 Å². The Morgan fingerprint density at radius 3 is 2.70 bits per heavy atom. The number of hydrogen-bond acceptors (Lipinski definition) is 2. The van der Waals surface area contributed by atoms with Gasteiger partial charge in [0.05, 0.1) is 13.6 Å². The number of nitriles is 1. The van der Waals surface area contributed by atoms with Crippen LogP contribution in [0.1, 0.15) is 5.56 Å². The van der Waals surface area contributed by atoms with Crippen LogP contribution in [0.4, 0.5) is 0 Å².